The molecule has 0 aliphatic rings. The molecule has 0 unspecified atom stereocenters. The minimum atomic E-state index is -0.970. The van der Waals surface area contributed by atoms with Crippen LogP contribution in [0.2, 0.25) is 0 Å². The number of ether oxygens (including phenoxy) is 4. The first kappa shape index (κ1) is 42.7. The molecule has 0 atom stereocenters. The summed E-state index contributed by atoms with van der Waals surface area (Å²) in [6, 6.07) is 0. The molecule has 230 valence electrons. The van der Waals surface area contributed by atoms with E-state index in [4.69, 9.17) is 20.9 Å². The normalized spacial score (nSPS) is 9.79. The Morgan fingerprint density at radius 3 is 1.15 bits per heavy atom. The number of carbonyl (C=O) groups is 6. The molecule has 16 nitrogen and oxygen atoms in total. The number of nitrogens with one attached hydrogen (secondary N) is 4. The predicted molar refractivity (Wildman–Crippen MR) is 144 cm³/mol. The van der Waals surface area contributed by atoms with Crippen LogP contribution in [-0.4, -0.2) is 101 Å². The van der Waals surface area contributed by atoms with E-state index in [0.717, 1.165) is 14.2 Å². The molecule has 0 saturated carbocycles. The molecule has 0 saturated heterocycles. The van der Waals surface area contributed by atoms with Crippen LogP contribution in [-0.2, 0) is 38.1 Å². The van der Waals surface area contributed by atoms with Gasteiger partial charge in [-0.25, -0.2) is 19.2 Å². The van der Waals surface area contributed by atoms with Gasteiger partial charge in [0.2, 0.25) is 0 Å². The number of rotatable bonds is 7. The fraction of sp³-hybridized carbons (Fsp3) is 0.727. The Hall–Kier alpha value is -3.37. The number of carbonyl (C=O) groups excluding carboxylic acids is 6. The molecule has 0 aromatic carbocycles. The van der Waals surface area contributed by atoms with Crippen molar-refractivity contribution in [1.82, 2.24) is 21.3 Å². The van der Waals surface area contributed by atoms with Crippen molar-refractivity contribution in [3.8, 4) is 0 Å². The predicted octanol–water partition coefficient (Wildman–Crippen LogP) is -1.07. The lowest BCUT2D eigenvalue weighted by atomic mass is 10.2. The van der Waals surface area contributed by atoms with Gasteiger partial charge in [0, 0.05) is 39.3 Å². The van der Waals surface area contributed by atoms with E-state index in [0.29, 0.717) is 19.6 Å². The number of hydrogen-bond acceptors (Lipinski definition) is 12. The molecule has 0 spiro atoms. The van der Waals surface area contributed by atoms with Gasteiger partial charge in [-0.05, 0) is 41.5 Å². The minimum absolute atomic E-state index is 0. The Morgan fingerprint density at radius 1 is 0.564 bits per heavy atom. The van der Waals surface area contributed by atoms with Crippen LogP contribution >= 0.6 is 12.4 Å². The summed E-state index contributed by atoms with van der Waals surface area (Å²) < 4.78 is 18.2. The highest BCUT2D eigenvalue weighted by molar-refractivity contribution is 6.32. The third-order valence-corrected chi connectivity index (χ3v) is 3.06. The van der Waals surface area contributed by atoms with Gasteiger partial charge in [0.15, 0.2) is 0 Å². The van der Waals surface area contributed by atoms with Crippen molar-refractivity contribution in [3.05, 3.63) is 0 Å². The van der Waals surface area contributed by atoms with Crippen molar-refractivity contribution >= 4 is 48.3 Å². The zero-order valence-electron chi connectivity index (χ0n) is 23.9. The van der Waals surface area contributed by atoms with Crippen LogP contribution in [0.25, 0.3) is 0 Å². The number of nitrogens with two attached hydrogens (primary N) is 2. The second-order valence-corrected chi connectivity index (χ2v) is 8.93. The second kappa shape index (κ2) is 23.7. The molecule has 17 heteroatoms. The average Bonchev–Trinajstić information content (AvgIpc) is 2.81. The third kappa shape index (κ3) is 32.6. The molecule has 4 amide bonds. The Labute approximate surface area is 235 Å². The van der Waals surface area contributed by atoms with Gasteiger partial charge in [-0.3, -0.25) is 9.59 Å². The standard InChI is InChI=1S/C10H18N2O5.C7H16N2O2.C5H10N2O3.ClH/c1-10(2,3)17-9(15)12-6-5-11-7(13)8(14)16-4;1-7(2,3)11-6(10)9-5-4-8;1-10-5(9)4(8)7-3-2-6;/h5-6H2,1-4H3,(H,11,13)(H,12,15);4-5,8H2,1-3H3,(H,9,10);2-3,6H2,1H3,(H,7,8);1H. The second-order valence-electron chi connectivity index (χ2n) is 8.93. The van der Waals surface area contributed by atoms with Gasteiger partial charge in [-0.1, -0.05) is 0 Å². The molecule has 8 N–H and O–H groups in total. The van der Waals surface area contributed by atoms with E-state index < -0.39 is 47.1 Å². The minimum Gasteiger partial charge on any atom is -0.462 e. The summed E-state index contributed by atoms with van der Waals surface area (Å²) in [7, 11) is 2.26. The molecule has 0 aliphatic carbocycles. The van der Waals surface area contributed by atoms with E-state index in [1.807, 2.05) is 20.8 Å². The van der Waals surface area contributed by atoms with E-state index in [1.165, 1.54) is 0 Å². The number of amides is 4. The lowest BCUT2D eigenvalue weighted by molar-refractivity contribution is -0.152. The summed E-state index contributed by atoms with van der Waals surface area (Å²) in [6.45, 7) is 12.4. The Balaban J connectivity index is -0.000000244. The Kier molecular flexibility index (Phi) is 26.0. The average molecular weight is 589 g/mol. The van der Waals surface area contributed by atoms with Gasteiger partial charge in [-0.15, -0.1) is 12.4 Å². The van der Waals surface area contributed by atoms with Crippen LogP contribution in [0, 0.1) is 0 Å². The number of esters is 2. The smallest absolute Gasteiger partial charge is 0.407 e. The van der Waals surface area contributed by atoms with Crippen LogP contribution in [0.15, 0.2) is 0 Å². The highest BCUT2D eigenvalue weighted by Crippen LogP contribution is 2.06. The first-order valence-corrected chi connectivity index (χ1v) is 11.5. The van der Waals surface area contributed by atoms with Crippen molar-refractivity contribution in [2.45, 2.75) is 52.7 Å². The monoisotopic (exact) mass is 588 g/mol. The van der Waals surface area contributed by atoms with Gasteiger partial charge in [-0.2, -0.15) is 0 Å². The molecule has 0 radical (unpaired) electrons. The summed E-state index contributed by atoms with van der Waals surface area (Å²) in [4.78, 5) is 64.4. The van der Waals surface area contributed by atoms with Gasteiger partial charge in [0.05, 0.1) is 14.2 Å². The van der Waals surface area contributed by atoms with Crippen molar-refractivity contribution in [1.29, 1.82) is 0 Å². The molecular formula is C22H45ClN6O10. The van der Waals surface area contributed by atoms with E-state index in [1.54, 1.807) is 20.8 Å². The first-order valence-electron chi connectivity index (χ1n) is 11.5. The molecule has 0 fully saturated rings. The molecule has 0 aliphatic heterocycles. The summed E-state index contributed by atoms with van der Waals surface area (Å²) in [5, 5.41) is 9.44. The van der Waals surface area contributed by atoms with Gasteiger partial charge < -0.3 is 51.7 Å². The van der Waals surface area contributed by atoms with E-state index in [-0.39, 0.29) is 32.0 Å². The van der Waals surface area contributed by atoms with E-state index >= 15 is 0 Å². The maximum atomic E-state index is 11.2. The highest BCUT2D eigenvalue weighted by atomic mass is 35.5. The molecule has 0 bridgehead atoms. The summed E-state index contributed by atoms with van der Waals surface area (Å²) in [6.07, 6.45) is -0.993. The van der Waals surface area contributed by atoms with Crippen LogP contribution in [0.4, 0.5) is 9.59 Å². The van der Waals surface area contributed by atoms with Crippen LogP contribution < -0.4 is 32.7 Å². The number of halogens is 1. The molecule has 0 aromatic rings. The number of alkyl carbamates (subject to hydrolysis) is 2. The Bertz CT molecular complexity index is 755. The molecule has 0 aromatic heterocycles. The van der Waals surface area contributed by atoms with Crippen molar-refractivity contribution in [2.75, 3.05) is 53.5 Å². The van der Waals surface area contributed by atoms with Crippen LogP contribution in [0.1, 0.15) is 41.5 Å². The summed E-state index contributed by atoms with van der Waals surface area (Å²) in [5.74, 6) is -3.47. The van der Waals surface area contributed by atoms with Crippen molar-refractivity contribution < 1.29 is 47.7 Å². The maximum absolute atomic E-state index is 11.2. The zero-order valence-corrected chi connectivity index (χ0v) is 24.7. The van der Waals surface area contributed by atoms with Gasteiger partial charge in [0.25, 0.3) is 0 Å². The highest BCUT2D eigenvalue weighted by Gasteiger charge is 2.17. The maximum Gasteiger partial charge on any atom is 0.407 e. The van der Waals surface area contributed by atoms with Crippen molar-refractivity contribution in [2.24, 2.45) is 11.5 Å². The SMILES string of the molecule is CC(C)(C)OC(=O)NCCN.COC(=O)C(=O)NCCN.COC(=O)C(=O)NCCNC(=O)OC(C)(C)C.Cl. The topological polar surface area (TPSA) is 239 Å². The van der Waals surface area contributed by atoms with Crippen molar-refractivity contribution in [3.63, 3.8) is 0 Å². The largest absolute Gasteiger partial charge is 0.462 e. The zero-order chi connectivity index (χ0) is 30.4. The third-order valence-electron chi connectivity index (χ3n) is 3.06. The van der Waals surface area contributed by atoms with Gasteiger partial charge >= 0.3 is 35.9 Å². The quantitative estimate of drug-likeness (QED) is 0.0901. The van der Waals surface area contributed by atoms with Crippen LogP contribution in [0.5, 0.6) is 0 Å². The lowest BCUT2D eigenvalue weighted by Gasteiger charge is -2.19. The van der Waals surface area contributed by atoms with E-state index in [2.05, 4.69) is 30.7 Å². The summed E-state index contributed by atoms with van der Waals surface area (Å²) in [5.41, 5.74) is 9.22. The summed E-state index contributed by atoms with van der Waals surface area (Å²) >= 11 is 0. The molecule has 0 rings (SSSR count). The Morgan fingerprint density at radius 2 is 0.846 bits per heavy atom. The van der Waals surface area contributed by atoms with Crippen LogP contribution in [0.3, 0.4) is 0 Å². The fourth-order valence-electron chi connectivity index (χ4n) is 1.66. The van der Waals surface area contributed by atoms with Gasteiger partial charge in [0.1, 0.15) is 11.2 Å². The van der Waals surface area contributed by atoms with E-state index in [9.17, 15) is 28.8 Å². The fourth-order valence-corrected chi connectivity index (χ4v) is 1.66. The molecule has 39 heavy (non-hydrogen) atoms. The lowest BCUT2D eigenvalue weighted by Crippen LogP contribution is -2.40. The first-order chi connectivity index (χ1) is 17.4. The molecular weight excluding hydrogens is 544 g/mol. The number of hydrogen-bond donors (Lipinski definition) is 6. The number of methoxy groups -OCH3 is 2. The molecule has 0 heterocycles.